The third-order valence-electron chi connectivity index (χ3n) is 3.56. The lowest BCUT2D eigenvalue weighted by Gasteiger charge is -2.09. The van der Waals surface area contributed by atoms with E-state index in [1.54, 1.807) is 19.9 Å². The third kappa shape index (κ3) is 7.01. The zero-order chi connectivity index (χ0) is 24.1. The molecule has 0 saturated carbocycles. The Kier molecular flexibility index (Phi) is 7.94. The van der Waals surface area contributed by atoms with E-state index >= 15 is 0 Å². The summed E-state index contributed by atoms with van der Waals surface area (Å²) in [5.74, 6) is -1.07. The van der Waals surface area contributed by atoms with E-state index in [1.807, 2.05) is 0 Å². The van der Waals surface area contributed by atoms with Gasteiger partial charge in [0.1, 0.15) is 11.6 Å². The SMILES string of the molecule is COc1cc(C=C(C#N)C(=O)Nc2nc(S(=O)(=O)CC(C)C)ns2)ccc1OS(C)(=O)=O. The summed E-state index contributed by atoms with van der Waals surface area (Å²) >= 11 is 0.677. The number of carbonyl (C=O) groups excluding carboxylic acids is 1. The van der Waals surface area contributed by atoms with Crippen molar-refractivity contribution in [3.05, 3.63) is 29.3 Å². The number of rotatable bonds is 9. The van der Waals surface area contributed by atoms with Crippen LogP contribution in [-0.2, 0) is 24.7 Å². The molecular formula is C18H20N4O7S3. The zero-order valence-electron chi connectivity index (χ0n) is 17.5. The number of nitrogens with one attached hydrogen (secondary N) is 1. The van der Waals surface area contributed by atoms with Crippen LogP contribution in [0.15, 0.2) is 28.9 Å². The van der Waals surface area contributed by atoms with Crippen molar-refractivity contribution >= 4 is 48.6 Å². The van der Waals surface area contributed by atoms with Crippen LogP contribution >= 0.6 is 11.5 Å². The van der Waals surface area contributed by atoms with Gasteiger partial charge in [-0.1, -0.05) is 19.9 Å². The molecule has 0 unspecified atom stereocenters. The first-order chi connectivity index (χ1) is 14.8. The highest BCUT2D eigenvalue weighted by atomic mass is 32.2. The number of carbonyl (C=O) groups is 1. The molecule has 0 spiro atoms. The van der Waals surface area contributed by atoms with Crippen LogP contribution in [0.3, 0.4) is 0 Å². The minimum Gasteiger partial charge on any atom is -0.493 e. The summed E-state index contributed by atoms with van der Waals surface area (Å²) in [5.41, 5.74) is 0.0393. The molecule has 11 nitrogen and oxygen atoms in total. The largest absolute Gasteiger partial charge is 0.493 e. The van der Waals surface area contributed by atoms with Gasteiger partial charge in [-0.15, -0.1) is 0 Å². The smallest absolute Gasteiger partial charge is 0.306 e. The summed E-state index contributed by atoms with van der Waals surface area (Å²) in [7, 11) is -6.16. The molecule has 172 valence electrons. The molecule has 1 N–H and O–H groups in total. The molecule has 0 fully saturated rings. The van der Waals surface area contributed by atoms with Gasteiger partial charge in [-0.2, -0.15) is 23.0 Å². The third-order valence-corrected chi connectivity index (χ3v) is 6.64. The number of nitrogens with zero attached hydrogens (tertiary/aromatic N) is 3. The predicted molar refractivity (Wildman–Crippen MR) is 117 cm³/mol. The average molecular weight is 501 g/mol. The fraction of sp³-hybridized carbons (Fsp3) is 0.333. The number of methoxy groups -OCH3 is 1. The number of hydrogen-bond acceptors (Lipinski definition) is 11. The maximum atomic E-state index is 12.4. The van der Waals surface area contributed by atoms with Crippen molar-refractivity contribution < 1.29 is 30.6 Å². The lowest BCUT2D eigenvalue weighted by atomic mass is 10.1. The van der Waals surface area contributed by atoms with Gasteiger partial charge in [0.25, 0.3) is 11.1 Å². The summed E-state index contributed by atoms with van der Waals surface area (Å²) in [5, 5.41) is 11.2. The van der Waals surface area contributed by atoms with Crippen LogP contribution in [0.2, 0.25) is 0 Å². The number of nitriles is 1. The maximum absolute atomic E-state index is 12.4. The number of anilines is 1. The van der Waals surface area contributed by atoms with E-state index in [4.69, 9.17) is 8.92 Å². The molecule has 32 heavy (non-hydrogen) atoms. The lowest BCUT2D eigenvalue weighted by molar-refractivity contribution is -0.112. The molecular weight excluding hydrogens is 480 g/mol. The minimum atomic E-state index is -3.78. The molecule has 0 atom stereocenters. The van der Waals surface area contributed by atoms with Crippen LogP contribution < -0.4 is 14.2 Å². The van der Waals surface area contributed by atoms with Crippen molar-refractivity contribution in [3.63, 3.8) is 0 Å². The van der Waals surface area contributed by atoms with Crippen LogP contribution in [0.1, 0.15) is 19.4 Å². The number of aromatic nitrogens is 2. The van der Waals surface area contributed by atoms with E-state index in [2.05, 4.69) is 14.7 Å². The molecule has 1 aromatic heterocycles. The minimum absolute atomic E-state index is 0.0564. The Labute approximate surface area is 189 Å². The molecule has 1 aromatic carbocycles. The van der Waals surface area contributed by atoms with Gasteiger partial charge in [-0.05, 0) is 29.7 Å². The first kappa shape index (κ1) is 25.2. The van der Waals surface area contributed by atoms with Crippen molar-refractivity contribution in [2.45, 2.75) is 19.0 Å². The van der Waals surface area contributed by atoms with Crippen molar-refractivity contribution in [2.24, 2.45) is 5.92 Å². The normalized spacial score (nSPS) is 12.3. The van der Waals surface area contributed by atoms with Gasteiger partial charge in [0.05, 0.1) is 19.1 Å². The Morgan fingerprint density at radius 3 is 2.53 bits per heavy atom. The average Bonchev–Trinajstić information content (AvgIpc) is 3.14. The van der Waals surface area contributed by atoms with E-state index in [0.717, 1.165) is 6.26 Å². The van der Waals surface area contributed by atoms with Gasteiger partial charge in [0.2, 0.25) is 15.0 Å². The molecule has 0 bridgehead atoms. The number of amides is 1. The molecule has 1 heterocycles. The summed E-state index contributed by atoms with van der Waals surface area (Å²) in [6, 6.07) is 5.87. The van der Waals surface area contributed by atoms with Gasteiger partial charge in [0, 0.05) is 11.5 Å². The van der Waals surface area contributed by atoms with Crippen molar-refractivity contribution in [1.82, 2.24) is 9.36 Å². The standard InChI is InChI=1S/C18H20N4O7S3/c1-11(2)10-32(26,27)18-21-17(30-22-18)20-16(23)13(9-19)7-12-5-6-14(15(8-12)28-3)29-31(4,24)25/h5-8,11H,10H2,1-4H3,(H,20,21,22,23). The van der Waals surface area contributed by atoms with Crippen LogP contribution in [-0.4, -0.2) is 51.2 Å². The van der Waals surface area contributed by atoms with Gasteiger partial charge in [-0.25, -0.2) is 8.42 Å². The Balaban J connectivity index is 2.24. The highest BCUT2D eigenvalue weighted by Gasteiger charge is 2.23. The fourth-order valence-corrected chi connectivity index (χ4v) is 5.20. The second kappa shape index (κ2) is 10.1. The van der Waals surface area contributed by atoms with E-state index < -0.39 is 25.9 Å². The maximum Gasteiger partial charge on any atom is 0.306 e. The molecule has 2 aromatic rings. The first-order valence-corrected chi connectivity index (χ1v) is 13.2. The number of ether oxygens (including phenoxy) is 1. The predicted octanol–water partition coefficient (Wildman–Crippen LogP) is 1.86. The van der Waals surface area contributed by atoms with E-state index in [-0.39, 0.29) is 39.0 Å². The number of hydrogen-bond donors (Lipinski definition) is 1. The highest BCUT2D eigenvalue weighted by Crippen LogP contribution is 2.30. The molecule has 14 heteroatoms. The molecule has 0 aliphatic carbocycles. The second-order valence-corrected chi connectivity index (χ2v) is 11.1. The topological polar surface area (TPSA) is 165 Å². The molecule has 1 amide bonds. The first-order valence-electron chi connectivity index (χ1n) is 8.91. The van der Waals surface area contributed by atoms with Gasteiger partial charge in [-0.3, -0.25) is 10.1 Å². The molecule has 0 radical (unpaired) electrons. The highest BCUT2D eigenvalue weighted by molar-refractivity contribution is 7.91. The summed E-state index contributed by atoms with van der Waals surface area (Å²) in [6.45, 7) is 3.48. The van der Waals surface area contributed by atoms with E-state index in [9.17, 15) is 26.9 Å². The quantitative estimate of drug-likeness (QED) is 0.305. The van der Waals surface area contributed by atoms with Gasteiger partial charge < -0.3 is 8.92 Å². The molecule has 0 aliphatic rings. The van der Waals surface area contributed by atoms with E-state index in [1.165, 1.54) is 31.4 Å². The molecule has 2 rings (SSSR count). The van der Waals surface area contributed by atoms with Crippen LogP contribution in [0.4, 0.5) is 5.13 Å². The second-order valence-electron chi connectivity index (χ2n) is 6.88. The molecule has 0 saturated heterocycles. The lowest BCUT2D eigenvalue weighted by Crippen LogP contribution is -2.15. The number of benzene rings is 1. The zero-order valence-corrected chi connectivity index (χ0v) is 20.0. The Hall–Kier alpha value is -3.02. The Morgan fingerprint density at radius 2 is 1.97 bits per heavy atom. The van der Waals surface area contributed by atoms with Crippen molar-refractivity contribution in [3.8, 4) is 17.6 Å². The van der Waals surface area contributed by atoms with Crippen LogP contribution in [0.5, 0.6) is 11.5 Å². The van der Waals surface area contributed by atoms with Crippen molar-refractivity contribution in [1.29, 1.82) is 5.26 Å². The van der Waals surface area contributed by atoms with Crippen LogP contribution in [0.25, 0.3) is 6.08 Å². The summed E-state index contributed by atoms with van der Waals surface area (Å²) < 4.78 is 60.7. The van der Waals surface area contributed by atoms with Gasteiger partial charge >= 0.3 is 10.1 Å². The van der Waals surface area contributed by atoms with Gasteiger partial charge in [0.15, 0.2) is 11.5 Å². The molecule has 0 aliphatic heterocycles. The van der Waals surface area contributed by atoms with Crippen molar-refractivity contribution in [2.75, 3.05) is 24.4 Å². The summed E-state index contributed by atoms with van der Waals surface area (Å²) in [4.78, 5) is 16.3. The number of sulfone groups is 1. The summed E-state index contributed by atoms with van der Waals surface area (Å²) in [6.07, 6.45) is 2.12. The monoisotopic (exact) mass is 500 g/mol. The fourth-order valence-electron chi connectivity index (χ4n) is 2.39. The van der Waals surface area contributed by atoms with E-state index in [0.29, 0.717) is 17.1 Å². The van der Waals surface area contributed by atoms with Crippen LogP contribution in [0, 0.1) is 17.2 Å². The Morgan fingerprint density at radius 1 is 1.28 bits per heavy atom. The Bertz CT molecular complexity index is 1290.